The number of nitrogens with zero attached hydrogens (tertiary/aromatic N) is 1. The fourth-order valence-corrected chi connectivity index (χ4v) is 3.10. The van der Waals surface area contributed by atoms with Crippen molar-refractivity contribution in [2.24, 2.45) is 0 Å². The highest BCUT2D eigenvalue weighted by atomic mass is 16.6. The lowest BCUT2D eigenvalue weighted by molar-refractivity contribution is -0.0503. The Bertz CT molecular complexity index is 596. The van der Waals surface area contributed by atoms with Crippen molar-refractivity contribution < 1.29 is 24.5 Å². The van der Waals surface area contributed by atoms with Crippen LogP contribution in [0, 0.1) is 0 Å². The number of anilines is 1. The molecule has 0 radical (unpaired) electrons. The molecule has 2 aliphatic rings. The fourth-order valence-electron chi connectivity index (χ4n) is 3.10. The molecule has 22 heavy (non-hydrogen) atoms. The molecule has 1 aromatic carbocycles. The van der Waals surface area contributed by atoms with E-state index in [1.54, 1.807) is 45.0 Å². The Morgan fingerprint density at radius 2 is 2.14 bits per heavy atom. The van der Waals surface area contributed by atoms with E-state index in [1.807, 2.05) is 0 Å². The van der Waals surface area contributed by atoms with Gasteiger partial charge in [0.2, 0.25) is 0 Å². The van der Waals surface area contributed by atoms with Crippen LogP contribution in [0.3, 0.4) is 0 Å². The van der Waals surface area contributed by atoms with Gasteiger partial charge in [0.15, 0.2) is 6.23 Å². The van der Waals surface area contributed by atoms with E-state index >= 15 is 0 Å². The summed E-state index contributed by atoms with van der Waals surface area (Å²) < 4.78 is 11.1. The molecular weight excluding hydrogens is 286 g/mol. The lowest BCUT2D eigenvalue weighted by Gasteiger charge is -2.29. The van der Waals surface area contributed by atoms with Gasteiger partial charge in [0.1, 0.15) is 11.2 Å². The van der Waals surface area contributed by atoms with Gasteiger partial charge in [-0.1, -0.05) is 18.2 Å². The van der Waals surface area contributed by atoms with E-state index in [9.17, 15) is 15.0 Å². The highest BCUT2D eigenvalue weighted by molar-refractivity contribution is 5.92. The van der Waals surface area contributed by atoms with E-state index in [0.29, 0.717) is 11.3 Å². The quantitative estimate of drug-likeness (QED) is 0.826. The first-order chi connectivity index (χ1) is 10.3. The van der Waals surface area contributed by atoms with E-state index in [4.69, 9.17) is 9.47 Å². The molecule has 2 aliphatic heterocycles. The molecule has 1 aromatic rings. The molecule has 0 bridgehead atoms. The third-order valence-electron chi connectivity index (χ3n) is 3.93. The third kappa shape index (κ3) is 2.27. The van der Waals surface area contributed by atoms with Gasteiger partial charge in [-0.3, -0.25) is 0 Å². The molecule has 2 unspecified atom stereocenters. The van der Waals surface area contributed by atoms with Crippen LogP contribution < -0.4 is 4.90 Å². The maximum atomic E-state index is 12.6. The number of carbonyl (C=O) groups is 1. The Hall–Kier alpha value is -1.63. The number of amides is 1. The summed E-state index contributed by atoms with van der Waals surface area (Å²) >= 11 is 0. The molecule has 0 saturated carbocycles. The van der Waals surface area contributed by atoms with Crippen molar-refractivity contribution in [3.8, 4) is 0 Å². The molecule has 0 spiro atoms. The van der Waals surface area contributed by atoms with Gasteiger partial charge in [-0.2, -0.15) is 0 Å². The van der Waals surface area contributed by atoms with Gasteiger partial charge in [-0.25, -0.2) is 9.69 Å². The summed E-state index contributed by atoms with van der Waals surface area (Å²) in [4.78, 5) is 13.9. The number of ether oxygens (including phenoxy) is 2. The summed E-state index contributed by atoms with van der Waals surface area (Å²) in [5.74, 6) is 0. The molecule has 6 nitrogen and oxygen atoms in total. The van der Waals surface area contributed by atoms with E-state index < -0.39 is 29.6 Å². The van der Waals surface area contributed by atoms with Gasteiger partial charge in [0, 0.05) is 12.0 Å². The first-order valence-electron chi connectivity index (χ1n) is 7.37. The Kier molecular flexibility index (Phi) is 3.43. The average molecular weight is 307 g/mol. The molecule has 0 aliphatic carbocycles. The second-order valence-corrected chi connectivity index (χ2v) is 6.79. The van der Waals surface area contributed by atoms with E-state index in [2.05, 4.69) is 0 Å². The largest absolute Gasteiger partial charge is 0.443 e. The van der Waals surface area contributed by atoms with E-state index in [0.717, 1.165) is 0 Å². The topological polar surface area (TPSA) is 79.2 Å². The number of benzene rings is 1. The zero-order valence-electron chi connectivity index (χ0n) is 12.9. The molecule has 120 valence electrons. The minimum atomic E-state index is -1.32. The molecule has 2 heterocycles. The van der Waals surface area contributed by atoms with Crippen LogP contribution >= 0.6 is 0 Å². The number of carbonyl (C=O) groups excluding carboxylic acids is 1. The standard InChI is InChI=1S/C16H21NO5/c1-15(2,3)22-14(19)17-12-7-5-4-6-11(12)16(20)8-10(9-18)21-13(16)17/h4-7,10,13,18,20H,8-9H2,1-3H3/t10-,13?,16?/m0/s1. The van der Waals surface area contributed by atoms with Crippen LogP contribution in [0.4, 0.5) is 10.5 Å². The van der Waals surface area contributed by atoms with Gasteiger partial charge in [0.05, 0.1) is 18.4 Å². The van der Waals surface area contributed by atoms with E-state index in [-0.39, 0.29) is 13.0 Å². The Morgan fingerprint density at radius 1 is 1.45 bits per heavy atom. The predicted octanol–water partition coefficient (Wildman–Crippen LogP) is 1.74. The highest BCUT2D eigenvalue weighted by Gasteiger charge is 2.59. The van der Waals surface area contributed by atoms with Crippen LogP contribution in [0.5, 0.6) is 0 Å². The zero-order chi connectivity index (χ0) is 16.1. The van der Waals surface area contributed by atoms with Crippen molar-refractivity contribution in [2.45, 2.75) is 50.7 Å². The Balaban J connectivity index is 2.01. The van der Waals surface area contributed by atoms with Crippen molar-refractivity contribution in [1.82, 2.24) is 0 Å². The number of fused-ring (bicyclic) bond motifs is 3. The number of para-hydroxylation sites is 1. The fraction of sp³-hybridized carbons (Fsp3) is 0.562. The number of aliphatic hydroxyl groups excluding tert-OH is 1. The first-order valence-corrected chi connectivity index (χ1v) is 7.37. The second kappa shape index (κ2) is 4.94. The minimum absolute atomic E-state index is 0.205. The van der Waals surface area contributed by atoms with Crippen LogP contribution in [0.1, 0.15) is 32.8 Å². The summed E-state index contributed by atoms with van der Waals surface area (Å²) in [7, 11) is 0. The Morgan fingerprint density at radius 3 is 2.77 bits per heavy atom. The smallest absolute Gasteiger partial charge is 0.417 e. The van der Waals surface area contributed by atoms with Crippen molar-refractivity contribution in [3.05, 3.63) is 29.8 Å². The monoisotopic (exact) mass is 307 g/mol. The summed E-state index contributed by atoms with van der Waals surface area (Å²) in [5.41, 5.74) is -0.759. The summed E-state index contributed by atoms with van der Waals surface area (Å²) in [6.07, 6.45) is -1.71. The lowest BCUT2D eigenvalue weighted by atomic mass is 9.91. The van der Waals surface area contributed by atoms with Crippen LogP contribution in [-0.4, -0.2) is 40.8 Å². The van der Waals surface area contributed by atoms with Gasteiger partial charge in [0.25, 0.3) is 0 Å². The molecule has 6 heteroatoms. The summed E-state index contributed by atoms with van der Waals surface area (Å²) in [5, 5.41) is 20.3. The third-order valence-corrected chi connectivity index (χ3v) is 3.93. The number of aliphatic hydroxyl groups is 2. The lowest BCUT2D eigenvalue weighted by Crippen LogP contribution is -2.47. The zero-order valence-corrected chi connectivity index (χ0v) is 12.9. The summed E-state index contributed by atoms with van der Waals surface area (Å²) in [6.45, 7) is 5.14. The van der Waals surface area contributed by atoms with Gasteiger partial charge >= 0.3 is 6.09 Å². The molecule has 1 amide bonds. The van der Waals surface area contributed by atoms with Crippen LogP contribution in [-0.2, 0) is 15.1 Å². The van der Waals surface area contributed by atoms with Gasteiger partial charge in [-0.15, -0.1) is 0 Å². The second-order valence-electron chi connectivity index (χ2n) is 6.79. The highest BCUT2D eigenvalue weighted by Crippen LogP contribution is 2.51. The Labute approximate surface area is 129 Å². The number of hydrogen-bond acceptors (Lipinski definition) is 5. The molecule has 2 N–H and O–H groups in total. The molecule has 1 saturated heterocycles. The van der Waals surface area contributed by atoms with Crippen molar-refractivity contribution in [2.75, 3.05) is 11.5 Å². The van der Waals surface area contributed by atoms with Crippen LogP contribution in [0.25, 0.3) is 0 Å². The van der Waals surface area contributed by atoms with Crippen LogP contribution in [0.2, 0.25) is 0 Å². The first kappa shape index (κ1) is 15.3. The van der Waals surface area contributed by atoms with Gasteiger partial charge in [-0.05, 0) is 26.8 Å². The van der Waals surface area contributed by atoms with Crippen molar-refractivity contribution in [1.29, 1.82) is 0 Å². The molecule has 0 aromatic heterocycles. The van der Waals surface area contributed by atoms with Gasteiger partial charge < -0.3 is 19.7 Å². The number of hydrogen-bond donors (Lipinski definition) is 2. The normalized spacial score (nSPS) is 30.1. The molecule has 1 fully saturated rings. The van der Waals surface area contributed by atoms with Crippen LogP contribution in [0.15, 0.2) is 24.3 Å². The average Bonchev–Trinajstić information content (AvgIpc) is 2.86. The maximum Gasteiger partial charge on any atom is 0.417 e. The van der Waals surface area contributed by atoms with E-state index in [1.165, 1.54) is 4.90 Å². The molecule has 3 rings (SSSR count). The summed E-state index contributed by atoms with van der Waals surface area (Å²) in [6, 6.07) is 7.13. The van der Waals surface area contributed by atoms with Crippen molar-refractivity contribution >= 4 is 11.8 Å². The van der Waals surface area contributed by atoms with Crippen molar-refractivity contribution in [3.63, 3.8) is 0 Å². The molecule has 3 atom stereocenters. The predicted molar refractivity (Wildman–Crippen MR) is 79.4 cm³/mol. The maximum absolute atomic E-state index is 12.6. The number of rotatable bonds is 1. The molecular formula is C16H21NO5. The minimum Gasteiger partial charge on any atom is -0.443 e. The SMILES string of the molecule is CC(C)(C)OC(=O)N1c2ccccc2C2(O)C[C@@H](CO)OC12.